The molecule has 1 aromatic heterocycles. The Morgan fingerprint density at radius 3 is 2.78 bits per heavy atom. The maximum absolute atomic E-state index is 13.7. The lowest BCUT2D eigenvalue weighted by molar-refractivity contribution is 0.605. The van der Waals surface area contributed by atoms with Gasteiger partial charge in [0.2, 0.25) is 0 Å². The Morgan fingerprint density at radius 1 is 1.33 bits per heavy atom. The van der Waals surface area contributed by atoms with Crippen molar-refractivity contribution in [1.29, 1.82) is 0 Å². The SMILES string of the molecule is Fc1cc(Br)ccc1C(Cl)Cc1ccncc1Cl. The summed E-state index contributed by atoms with van der Waals surface area (Å²) < 4.78 is 14.4. The van der Waals surface area contributed by atoms with E-state index in [1.807, 2.05) is 0 Å². The van der Waals surface area contributed by atoms with Gasteiger partial charge in [-0.05, 0) is 30.2 Å². The van der Waals surface area contributed by atoms with Crippen molar-refractivity contribution in [3.63, 3.8) is 0 Å². The van der Waals surface area contributed by atoms with Crippen molar-refractivity contribution >= 4 is 39.1 Å². The maximum atomic E-state index is 13.7. The molecule has 0 N–H and O–H groups in total. The monoisotopic (exact) mass is 347 g/mol. The highest BCUT2D eigenvalue weighted by atomic mass is 79.9. The first-order valence-corrected chi connectivity index (χ1v) is 6.86. The zero-order valence-corrected chi connectivity index (χ0v) is 12.3. The van der Waals surface area contributed by atoms with E-state index in [2.05, 4.69) is 20.9 Å². The Kier molecular flexibility index (Phi) is 4.60. The van der Waals surface area contributed by atoms with Crippen LogP contribution in [0.1, 0.15) is 16.5 Å². The molecule has 2 aromatic rings. The molecule has 0 saturated carbocycles. The van der Waals surface area contributed by atoms with Crippen molar-refractivity contribution in [3.05, 3.63) is 63.1 Å². The molecular formula is C13H9BrCl2FN. The van der Waals surface area contributed by atoms with Crippen LogP contribution in [0.5, 0.6) is 0 Å². The Bertz CT molecular complexity index is 562. The predicted octanol–water partition coefficient (Wildman–Crippen LogP) is 5.16. The van der Waals surface area contributed by atoms with Crippen LogP contribution < -0.4 is 0 Å². The van der Waals surface area contributed by atoms with E-state index < -0.39 is 5.38 Å². The average molecular weight is 349 g/mol. The van der Waals surface area contributed by atoms with Crippen LogP contribution in [0.4, 0.5) is 4.39 Å². The van der Waals surface area contributed by atoms with Crippen LogP contribution in [0, 0.1) is 5.82 Å². The standard InChI is InChI=1S/C13H9BrCl2FN/c14-9-1-2-10(13(17)6-9)11(15)5-8-3-4-18-7-12(8)16/h1-4,6-7,11H,5H2. The molecule has 1 nitrogen and oxygen atoms in total. The Labute approximate surface area is 123 Å². The molecule has 18 heavy (non-hydrogen) atoms. The number of alkyl halides is 1. The van der Waals surface area contributed by atoms with Crippen LogP contribution in [0.25, 0.3) is 0 Å². The second kappa shape index (κ2) is 6.00. The van der Waals surface area contributed by atoms with Crippen LogP contribution in [0.3, 0.4) is 0 Å². The molecule has 1 unspecified atom stereocenters. The van der Waals surface area contributed by atoms with Gasteiger partial charge in [0.05, 0.1) is 10.4 Å². The average Bonchev–Trinajstić information content (AvgIpc) is 2.32. The first-order valence-electron chi connectivity index (χ1n) is 5.25. The van der Waals surface area contributed by atoms with Gasteiger partial charge in [-0.3, -0.25) is 4.98 Å². The summed E-state index contributed by atoms with van der Waals surface area (Å²) in [6.07, 6.45) is 3.66. The largest absolute Gasteiger partial charge is 0.263 e. The number of halogens is 4. The van der Waals surface area contributed by atoms with Crippen molar-refractivity contribution in [1.82, 2.24) is 4.98 Å². The van der Waals surface area contributed by atoms with E-state index in [1.165, 1.54) is 6.07 Å². The first-order chi connectivity index (χ1) is 8.58. The fraction of sp³-hybridized carbons (Fsp3) is 0.154. The van der Waals surface area contributed by atoms with E-state index in [4.69, 9.17) is 23.2 Å². The van der Waals surface area contributed by atoms with E-state index in [1.54, 1.807) is 30.6 Å². The van der Waals surface area contributed by atoms with Gasteiger partial charge in [-0.25, -0.2) is 4.39 Å². The maximum Gasteiger partial charge on any atom is 0.129 e. The lowest BCUT2D eigenvalue weighted by Gasteiger charge is -2.12. The minimum atomic E-state index is -0.460. The van der Waals surface area contributed by atoms with Crippen molar-refractivity contribution in [3.8, 4) is 0 Å². The summed E-state index contributed by atoms with van der Waals surface area (Å²) in [7, 11) is 0. The van der Waals surface area contributed by atoms with Gasteiger partial charge in [0.1, 0.15) is 5.82 Å². The molecule has 0 saturated heterocycles. The van der Waals surface area contributed by atoms with Gasteiger partial charge in [-0.2, -0.15) is 0 Å². The molecule has 0 aliphatic carbocycles. The Morgan fingerprint density at radius 2 is 2.11 bits per heavy atom. The predicted molar refractivity (Wildman–Crippen MR) is 75.6 cm³/mol. The van der Waals surface area contributed by atoms with E-state index in [0.717, 1.165) is 5.56 Å². The molecule has 0 radical (unpaired) electrons. The lowest BCUT2D eigenvalue weighted by Crippen LogP contribution is -2.00. The summed E-state index contributed by atoms with van der Waals surface area (Å²) in [5, 5.41) is 0.0821. The summed E-state index contributed by atoms with van der Waals surface area (Å²) in [4.78, 5) is 3.90. The fourth-order valence-electron chi connectivity index (χ4n) is 1.63. The number of hydrogen-bond acceptors (Lipinski definition) is 1. The molecule has 2 rings (SSSR count). The topological polar surface area (TPSA) is 12.9 Å². The first kappa shape index (κ1) is 13.8. The Balaban J connectivity index is 2.22. The normalized spacial score (nSPS) is 12.4. The smallest absolute Gasteiger partial charge is 0.129 e. The zero-order valence-electron chi connectivity index (χ0n) is 9.21. The summed E-state index contributed by atoms with van der Waals surface area (Å²) in [5.74, 6) is -0.324. The third-order valence-electron chi connectivity index (χ3n) is 2.56. The van der Waals surface area contributed by atoms with Crippen LogP contribution in [-0.4, -0.2) is 4.98 Å². The van der Waals surface area contributed by atoms with Crippen molar-refractivity contribution < 1.29 is 4.39 Å². The molecular weight excluding hydrogens is 340 g/mol. The van der Waals surface area contributed by atoms with Crippen molar-refractivity contribution in [2.75, 3.05) is 0 Å². The van der Waals surface area contributed by atoms with Crippen LogP contribution in [0.2, 0.25) is 5.02 Å². The number of pyridine rings is 1. The fourth-order valence-corrected chi connectivity index (χ4v) is 2.50. The van der Waals surface area contributed by atoms with Crippen molar-refractivity contribution in [2.24, 2.45) is 0 Å². The summed E-state index contributed by atoms with van der Waals surface area (Å²) in [5.41, 5.74) is 1.32. The van der Waals surface area contributed by atoms with Gasteiger partial charge in [0.15, 0.2) is 0 Å². The molecule has 1 aromatic carbocycles. The molecule has 0 aliphatic rings. The van der Waals surface area contributed by atoms with Crippen LogP contribution in [0.15, 0.2) is 41.1 Å². The summed E-state index contributed by atoms with van der Waals surface area (Å²) >= 11 is 15.4. The van der Waals surface area contributed by atoms with Gasteiger partial charge >= 0.3 is 0 Å². The molecule has 0 aliphatic heterocycles. The van der Waals surface area contributed by atoms with E-state index in [0.29, 0.717) is 21.5 Å². The highest BCUT2D eigenvalue weighted by Gasteiger charge is 2.15. The highest BCUT2D eigenvalue weighted by molar-refractivity contribution is 9.10. The van der Waals surface area contributed by atoms with Crippen LogP contribution >= 0.6 is 39.1 Å². The molecule has 5 heteroatoms. The third kappa shape index (κ3) is 3.22. The van der Waals surface area contributed by atoms with Gasteiger partial charge in [0.25, 0.3) is 0 Å². The molecule has 0 bridgehead atoms. The van der Waals surface area contributed by atoms with E-state index in [-0.39, 0.29) is 5.82 Å². The quantitative estimate of drug-likeness (QED) is 0.698. The summed E-state index contributed by atoms with van der Waals surface area (Å²) in [6, 6.07) is 6.63. The number of aromatic nitrogens is 1. The molecule has 1 atom stereocenters. The van der Waals surface area contributed by atoms with E-state index >= 15 is 0 Å². The third-order valence-corrected chi connectivity index (χ3v) is 3.78. The molecule has 0 spiro atoms. The number of hydrogen-bond donors (Lipinski definition) is 0. The van der Waals surface area contributed by atoms with Gasteiger partial charge in [-0.1, -0.05) is 33.6 Å². The summed E-state index contributed by atoms with van der Waals surface area (Å²) in [6.45, 7) is 0. The second-order valence-corrected chi connectivity index (χ2v) is 5.65. The number of nitrogens with zero attached hydrogens (tertiary/aromatic N) is 1. The van der Waals surface area contributed by atoms with Crippen molar-refractivity contribution in [2.45, 2.75) is 11.8 Å². The molecule has 94 valence electrons. The van der Waals surface area contributed by atoms with Gasteiger partial charge < -0.3 is 0 Å². The molecule has 1 heterocycles. The number of benzene rings is 1. The van der Waals surface area contributed by atoms with Gasteiger partial charge in [0, 0.05) is 22.4 Å². The zero-order chi connectivity index (χ0) is 13.1. The highest BCUT2D eigenvalue weighted by Crippen LogP contribution is 2.30. The Hall–Kier alpha value is -0.640. The molecule has 0 fully saturated rings. The number of rotatable bonds is 3. The second-order valence-electron chi connectivity index (χ2n) is 3.80. The lowest BCUT2D eigenvalue weighted by atomic mass is 10.0. The minimum Gasteiger partial charge on any atom is -0.263 e. The molecule has 0 amide bonds. The minimum absolute atomic E-state index is 0.324. The van der Waals surface area contributed by atoms with Crippen LogP contribution in [-0.2, 0) is 6.42 Å². The van der Waals surface area contributed by atoms with Gasteiger partial charge in [-0.15, -0.1) is 11.6 Å². The van der Waals surface area contributed by atoms with E-state index in [9.17, 15) is 4.39 Å².